The molecule has 0 radical (unpaired) electrons. The van der Waals surface area contributed by atoms with Crippen LogP contribution in [0.2, 0.25) is 0 Å². The standard InChI is InChI=1S/C16H31O4P/c1-4-7-10-21(11-8-5-2,12-9-6-3)14(16(19)20)13-15(17)18/h14H,4-13H2,1-3H3,(H-,17,18,19,20). The van der Waals surface area contributed by atoms with Crippen molar-refractivity contribution in [2.45, 2.75) is 71.4 Å². The first-order chi connectivity index (χ1) is 9.93. The fourth-order valence-corrected chi connectivity index (χ4v) is 8.34. The first-order valence-electron chi connectivity index (χ1n) is 8.21. The van der Waals surface area contributed by atoms with E-state index in [1.807, 2.05) is 0 Å². The van der Waals surface area contributed by atoms with Gasteiger partial charge < -0.3 is 15.0 Å². The Bertz CT molecular complexity index is 296. The maximum Gasteiger partial charge on any atom is 0.344 e. The summed E-state index contributed by atoms with van der Waals surface area (Å²) in [5.41, 5.74) is -0.716. The molecule has 21 heavy (non-hydrogen) atoms. The van der Waals surface area contributed by atoms with Crippen LogP contribution in [0.4, 0.5) is 0 Å². The quantitative estimate of drug-likeness (QED) is 0.530. The second-order valence-electron chi connectivity index (χ2n) is 5.88. The van der Waals surface area contributed by atoms with Gasteiger partial charge >= 0.3 is 5.97 Å². The van der Waals surface area contributed by atoms with E-state index < -0.39 is 24.9 Å². The summed E-state index contributed by atoms with van der Waals surface area (Å²) in [5, 5.41) is 20.6. The molecule has 0 saturated carbocycles. The van der Waals surface area contributed by atoms with Crippen LogP contribution >= 0.6 is 7.26 Å². The molecule has 1 atom stereocenters. The van der Waals surface area contributed by atoms with Crippen molar-refractivity contribution in [3.05, 3.63) is 0 Å². The SMILES string of the molecule is CCCC[P+](CCCC)(CCCC)C(CC(=O)[O-])C(=O)O. The van der Waals surface area contributed by atoms with E-state index in [9.17, 15) is 19.8 Å². The predicted molar refractivity (Wildman–Crippen MR) is 87.3 cm³/mol. The van der Waals surface area contributed by atoms with Crippen LogP contribution in [0, 0.1) is 0 Å². The van der Waals surface area contributed by atoms with Gasteiger partial charge in [-0.1, -0.05) is 40.0 Å². The summed E-state index contributed by atoms with van der Waals surface area (Å²) in [6, 6.07) is 0. The van der Waals surface area contributed by atoms with Crippen molar-refractivity contribution in [2.75, 3.05) is 18.5 Å². The van der Waals surface area contributed by atoms with Gasteiger partial charge in [0.05, 0.1) is 18.5 Å². The molecule has 0 aromatic heterocycles. The van der Waals surface area contributed by atoms with E-state index in [0.717, 1.165) is 57.0 Å². The fourth-order valence-electron chi connectivity index (χ4n) is 2.90. The zero-order chi connectivity index (χ0) is 16.3. The lowest BCUT2D eigenvalue weighted by Crippen LogP contribution is -2.36. The minimum atomic E-state index is -1.79. The number of hydrogen-bond donors (Lipinski definition) is 1. The number of aliphatic carboxylic acids is 2. The number of carbonyl (C=O) groups is 2. The topological polar surface area (TPSA) is 77.4 Å². The Morgan fingerprint density at radius 3 is 1.57 bits per heavy atom. The zero-order valence-electron chi connectivity index (χ0n) is 13.8. The van der Waals surface area contributed by atoms with Gasteiger partial charge in [-0.25, -0.2) is 4.79 Å². The van der Waals surface area contributed by atoms with Crippen molar-refractivity contribution < 1.29 is 19.8 Å². The summed E-state index contributed by atoms with van der Waals surface area (Å²) in [6.07, 6.45) is 8.48. The van der Waals surface area contributed by atoms with Gasteiger partial charge in [0.2, 0.25) is 0 Å². The summed E-state index contributed by atoms with van der Waals surface area (Å²) < 4.78 is 0. The third-order valence-electron chi connectivity index (χ3n) is 4.18. The minimum absolute atomic E-state index is 0.319. The average Bonchev–Trinajstić information content (AvgIpc) is 2.44. The Labute approximate surface area is 129 Å². The number of hydrogen-bond acceptors (Lipinski definition) is 3. The summed E-state index contributed by atoms with van der Waals surface area (Å²) >= 11 is 0. The lowest BCUT2D eigenvalue weighted by molar-refractivity contribution is -0.305. The molecular formula is C16H31O4P. The van der Waals surface area contributed by atoms with Crippen molar-refractivity contribution in [2.24, 2.45) is 0 Å². The number of unbranched alkanes of at least 4 members (excludes halogenated alkanes) is 3. The van der Waals surface area contributed by atoms with E-state index >= 15 is 0 Å². The zero-order valence-corrected chi connectivity index (χ0v) is 14.7. The van der Waals surface area contributed by atoms with E-state index in [2.05, 4.69) is 20.8 Å². The third-order valence-corrected chi connectivity index (χ3v) is 9.52. The molecule has 0 spiro atoms. The van der Waals surface area contributed by atoms with Crippen LogP contribution in [0.1, 0.15) is 65.7 Å². The normalized spacial score (nSPS) is 13.1. The monoisotopic (exact) mass is 318 g/mol. The highest BCUT2D eigenvalue weighted by atomic mass is 31.2. The van der Waals surface area contributed by atoms with Gasteiger partial charge in [0.1, 0.15) is 0 Å². The highest BCUT2D eigenvalue weighted by molar-refractivity contribution is 7.77. The molecule has 0 amide bonds. The van der Waals surface area contributed by atoms with Gasteiger partial charge in [-0.2, -0.15) is 0 Å². The highest BCUT2D eigenvalue weighted by Crippen LogP contribution is 2.65. The molecule has 0 rings (SSSR count). The van der Waals surface area contributed by atoms with Gasteiger partial charge in [0, 0.05) is 19.7 Å². The molecule has 0 bridgehead atoms. The summed E-state index contributed by atoms with van der Waals surface area (Å²) in [7, 11) is -1.79. The summed E-state index contributed by atoms with van der Waals surface area (Å²) in [5.74, 6) is -2.16. The molecule has 5 heteroatoms. The maximum atomic E-state index is 11.7. The van der Waals surface area contributed by atoms with Crippen molar-refractivity contribution >= 4 is 19.2 Å². The molecule has 4 nitrogen and oxygen atoms in total. The molecule has 0 aromatic rings. The minimum Gasteiger partial charge on any atom is -0.550 e. The molecule has 0 heterocycles. The molecule has 0 aliphatic heterocycles. The van der Waals surface area contributed by atoms with Gasteiger partial charge in [-0.05, 0) is 19.3 Å². The molecule has 1 N–H and O–H groups in total. The second-order valence-corrected chi connectivity index (χ2v) is 10.3. The van der Waals surface area contributed by atoms with E-state index in [1.165, 1.54) is 0 Å². The molecule has 0 aliphatic rings. The Balaban J connectivity index is 5.39. The van der Waals surface area contributed by atoms with E-state index in [-0.39, 0.29) is 6.42 Å². The van der Waals surface area contributed by atoms with Crippen molar-refractivity contribution in [3.8, 4) is 0 Å². The van der Waals surface area contributed by atoms with Gasteiger partial charge in [-0.15, -0.1) is 0 Å². The Morgan fingerprint density at radius 1 is 0.952 bits per heavy atom. The van der Waals surface area contributed by atoms with Gasteiger partial charge in [0.15, 0.2) is 5.66 Å². The molecule has 0 saturated heterocycles. The molecule has 1 unspecified atom stereocenters. The molecular weight excluding hydrogens is 287 g/mol. The largest absolute Gasteiger partial charge is 0.550 e. The molecule has 0 aliphatic carbocycles. The van der Waals surface area contributed by atoms with Crippen LogP contribution < -0.4 is 5.11 Å². The van der Waals surface area contributed by atoms with Crippen LogP contribution in [-0.2, 0) is 9.59 Å². The van der Waals surface area contributed by atoms with Crippen LogP contribution in [0.5, 0.6) is 0 Å². The smallest absolute Gasteiger partial charge is 0.344 e. The van der Waals surface area contributed by atoms with Crippen molar-refractivity contribution in [1.82, 2.24) is 0 Å². The lowest BCUT2D eigenvalue weighted by atomic mass is 10.3. The highest BCUT2D eigenvalue weighted by Gasteiger charge is 2.48. The predicted octanol–water partition coefficient (Wildman–Crippen LogP) is 3.00. The first-order valence-corrected chi connectivity index (χ1v) is 10.6. The molecule has 0 fully saturated rings. The lowest BCUT2D eigenvalue weighted by Gasteiger charge is -2.33. The van der Waals surface area contributed by atoms with Gasteiger partial charge in [-0.3, -0.25) is 0 Å². The first kappa shape index (κ1) is 20.4. The van der Waals surface area contributed by atoms with Crippen molar-refractivity contribution in [1.29, 1.82) is 0 Å². The Kier molecular flexibility index (Phi) is 10.7. The van der Waals surface area contributed by atoms with Crippen molar-refractivity contribution in [3.63, 3.8) is 0 Å². The van der Waals surface area contributed by atoms with E-state index in [0.29, 0.717) is 0 Å². The maximum absolute atomic E-state index is 11.7. The van der Waals surface area contributed by atoms with Crippen LogP contribution in [0.25, 0.3) is 0 Å². The van der Waals surface area contributed by atoms with Gasteiger partial charge in [0.25, 0.3) is 0 Å². The van der Waals surface area contributed by atoms with E-state index in [1.54, 1.807) is 0 Å². The Hall–Kier alpha value is -0.630. The Morgan fingerprint density at radius 2 is 1.33 bits per heavy atom. The fraction of sp³-hybridized carbons (Fsp3) is 0.875. The number of rotatable bonds is 13. The molecule has 124 valence electrons. The number of carbonyl (C=O) groups excluding carboxylic acids is 1. The third kappa shape index (κ3) is 7.26. The van der Waals surface area contributed by atoms with Crippen LogP contribution in [0.3, 0.4) is 0 Å². The van der Waals surface area contributed by atoms with Crippen LogP contribution in [0.15, 0.2) is 0 Å². The number of carboxylic acids is 2. The van der Waals surface area contributed by atoms with E-state index in [4.69, 9.17) is 0 Å². The second kappa shape index (κ2) is 11.0. The summed E-state index contributed by atoms with van der Waals surface area (Å²) in [4.78, 5) is 22.7. The summed E-state index contributed by atoms with van der Waals surface area (Å²) in [6.45, 7) is 6.30. The average molecular weight is 318 g/mol. The molecule has 0 aromatic carbocycles. The van der Waals surface area contributed by atoms with Crippen LogP contribution in [-0.4, -0.2) is 41.2 Å². The number of carboxylic acid groups (broad SMARTS) is 2.